The largest absolute Gasteiger partial charge is 0.504 e. The summed E-state index contributed by atoms with van der Waals surface area (Å²) in [5.41, 5.74) is 0. The molecule has 5 heteroatoms. The smallest absolute Gasteiger partial charge is 0.197 e. The van der Waals surface area contributed by atoms with Crippen LogP contribution in [0.15, 0.2) is 11.8 Å². The molecule has 2 N–H and O–H groups in total. The van der Waals surface area contributed by atoms with Gasteiger partial charge in [-0.25, -0.2) is 0 Å². The van der Waals surface area contributed by atoms with Crippen molar-refractivity contribution in [2.45, 2.75) is 52.0 Å². The number of Topliss-reactive ketones (excluding diaryl/α,β-unsaturated/α-hetero) is 2. The van der Waals surface area contributed by atoms with Gasteiger partial charge in [0.05, 0.1) is 6.04 Å². The molecule has 0 saturated carbocycles. The van der Waals surface area contributed by atoms with E-state index in [1.165, 1.54) is 0 Å². The predicted molar refractivity (Wildman–Crippen MR) is 75.4 cm³/mol. The van der Waals surface area contributed by atoms with Crippen LogP contribution in [0.2, 0.25) is 0 Å². The molecule has 0 heterocycles. The minimum absolute atomic E-state index is 0.00905. The van der Waals surface area contributed by atoms with Crippen LogP contribution in [0.3, 0.4) is 0 Å². The fourth-order valence-corrected chi connectivity index (χ4v) is 2.31. The highest BCUT2D eigenvalue weighted by molar-refractivity contribution is 6.08. The highest BCUT2D eigenvalue weighted by atomic mass is 16.3. The summed E-state index contributed by atoms with van der Waals surface area (Å²) in [7, 11) is 0. The molecule has 0 aromatic carbocycles. The maximum Gasteiger partial charge on any atom is 0.197 e. The summed E-state index contributed by atoms with van der Waals surface area (Å²) in [5, 5.41) is 12.4. The first kappa shape index (κ1) is 16.6. The van der Waals surface area contributed by atoms with Crippen molar-refractivity contribution in [2.24, 2.45) is 5.92 Å². The summed E-state index contributed by atoms with van der Waals surface area (Å²) in [4.78, 5) is 35.3. The second-order valence-electron chi connectivity index (χ2n) is 5.21. The Morgan fingerprint density at radius 1 is 1.40 bits per heavy atom. The lowest BCUT2D eigenvalue weighted by atomic mass is 9.84. The Morgan fingerprint density at radius 3 is 2.70 bits per heavy atom. The molecule has 0 aliphatic heterocycles. The lowest BCUT2D eigenvalue weighted by Gasteiger charge is -2.23. The van der Waals surface area contributed by atoms with Crippen LogP contribution in [0.1, 0.15) is 46.0 Å². The lowest BCUT2D eigenvalue weighted by molar-refractivity contribution is -0.128. The topological polar surface area (TPSA) is 83.5 Å². The highest BCUT2D eigenvalue weighted by Gasteiger charge is 2.31. The van der Waals surface area contributed by atoms with E-state index in [2.05, 4.69) is 5.32 Å². The zero-order valence-corrected chi connectivity index (χ0v) is 12.1. The first-order valence-electron chi connectivity index (χ1n) is 7.23. The van der Waals surface area contributed by atoms with Gasteiger partial charge in [0.2, 0.25) is 0 Å². The van der Waals surface area contributed by atoms with Gasteiger partial charge in [-0.05, 0) is 25.8 Å². The van der Waals surface area contributed by atoms with Crippen LogP contribution in [0.4, 0.5) is 0 Å². The average molecular weight is 281 g/mol. The van der Waals surface area contributed by atoms with Gasteiger partial charge in [-0.15, -0.1) is 0 Å². The first-order valence-corrected chi connectivity index (χ1v) is 7.23. The Morgan fingerprint density at radius 2 is 2.10 bits per heavy atom. The van der Waals surface area contributed by atoms with Crippen LogP contribution in [0.25, 0.3) is 0 Å². The number of aliphatic hydroxyl groups excluding tert-OH is 1. The van der Waals surface area contributed by atoms with Gasteiger partial charge in [0, 0.05) is 24.8 Å². The van der Waals surface area contributed by atoms with Crippen LogP contribution in [-0.4, -0.2) is 35.0 Å². The third-order valence-corrected chi connectivity index (χ3v) is 3.44. The molecule has 20 heavy (non-hydrogen) atoms. The summed E-state index contributed by atoms with van der Waals surface area (Å²) in [6, 6.07) is -0.384. The molecule has 1 aliphatic rings. The van der Waals surface area contributed by atoms with Crippen molar-refractivity contribution in [3.05, 3.63) is 11.8 Å². The zero-order chi connectivity index (χ0) is 15.1. The van der Waals surface area contributed by atoms with Gasteiger partial charge >= 0.3 is 0 Å². The van der Waals surface area contributed by atoms with E-state index in [0.717, 1.165) is 18.9 Å². The van der Waals surface area contributed by atoms with E-state index in [-0.39, 0.29) is 24.0 Å². The summed E-state index contributed by atoms with van der Waals surface area (Å²) >= 11 is 0. The van der Waals surface area contributed by atoms with Crippen LogP contribution >= 0.6 is 0 Å². The second kappa shape index (κ2) is 7.94. The van der Waals surface area contributed by atoms with Gasteiger partial charge in [0.25, 0.3) is 0 Å². The predicted octanol–water partition coefficient (Wildman–Crippen LogP) is 1.71. The van der Waals surface area contributed by atoms with Crippen LogP contribution in [-0.2, 0) is 14.4 Å². The Bertz CT molecular complexity index is 414. The van der Waals surface area contributed by atoms with Gasteiger partial charge in [-0.1, -0.05) is 13.8 Å². The van der Waals surface area contributed by atoms with E-state index in [0.29, 0.717) is 19.4 Å². The van der Waals surface area contributed by atoms with Crippen molar-refractivity contribution in [2.75, 3.05) is 6.54 Å². The van der Waals surface area contributed by atoms with Gasteiger partial charge in [0.1, 0.15) is 5.78 Å². The van der Waals surface area contributed by atoms with Crippen molar-refractivity contribution in [3.8, 4) is 0 Å². The fraction of sp³-hybridized carbons (Fsp3) is 0.667. The van der Waals surface area contributed by atoms with Gasteiger partial charge in [-0.3, -0.25) is 14.4 Å². The van der Waals surface area contributed by atoms with Crippen molar-refractivity contribution in [3.63, 3.8) is 0 Å². The number of carbonyl (C=O) groups is 3. The van der Waals surface area contributed by atoms with Crippen molar-refractivity contribution >= 4 is 17.3 Å². The molecule has 112 valence electrons. The Hall–Kier alpha value is -1.49. The number of nitrogens with one attached hydrogen (secondary N) is 1. The molecule has 1 rings (SSSR count). The molecule has 0 spiro atoms. The van der Waals surface area contributed by atoms with E-state index in [1.807, 2.05) is 13.8 Å². The van der Waals surface area contributed by atoms with Crippen molar-refractivity contribution in [1.82, 2.24) is 5.32 Å². The molecule has 2 unspecified atom stereocenters. The number of rotatable bonds is 8. The Kier molecular flexibility index (Phi) is 6.58. The van der Waals surface area contributed by atoms with Crippen LogP contribution in [0.5, 0.6) is 0 Å². The number of ketones is 3. The molecule has 0 radical (unpaired) electrons. The minimum Gasteiger partial charge on any atom is -0.504 e. The summed E-state index contributed by atoms with van der Waals surface area (Å²) in [6.07, 6.45) is 3.43. The van der Waals surface area contributed by atoms with Gasteiger partial charge in [-0.2, -0.15) is 0 Å². The average Bonchev–Trinajstić information content (AvgIpc) is 2.40. The Balaban J connectivity index is 2.71. The highest BCUT2D eigenvalue weighted by Crippen LogP contribution is 2.22. The molecule has 0 amide bonds. The Labute approximate surface area is 119 Å². The fourth-order valence-electron chi connectivity index (χ4n) is 2.31. The van der Waals surface area contributed by atoms with E-state index >= 15 is 0 Å². The second-order valence-corrected chi connectivity index (χ2v) is 5.21. The van der Waals surface area contributed by atoms with E-state index < -0.39 is 17.5 Å². The summed E-state index contributed by atoms with van der Waals surface area (Å²) in [6.45, 7) is 4.64. The molecule has 2 atom stereocenters. The molecule has 0 bridgehead atoms. The van der Waals surface area contributed by atoms with Crippen molar-refractivity contribution < 1.29 is 19.5 Å². The SMILES string of the molecule is CCCNC(CC1CC(=O)C(O)=CC1=O)C(=O)CCC. The lowest BCUT2D eigenvalue weighted by Crippen LogP contribution is -2.41. The molecule has 5 nitrogen and oxygen atoms in total. The summed E-state index contributed by atoms with van der Waals surface area (Å²) < 4.78 is 0. The van der Waals surface area contributed by atoms with E-state index in [1.54, 1.807) is 0 Å². The zero-order valence-electron chi connectivity index (χ0n) is 12.1. The van der Waals surface area contributed by atoms with E-state index in [4.69, 9.17) is 0 Å². The first-order chi connectivity index (χ1) is 9.49. The van der Waals surface area contributed by atoms with Crippen LogP contribution < -0.4 is 5.32 Å². The number of hydrogen-bond donors (Lipinski definition) is 2. The number of hydrogen-bond acceptors (Lipinski definition) is 5. The third-order valence-electron chi connectivity index (χ3n) is 3.44. The molecule has 0 aromatic heterocycles. The monoisotopic (exact) mass is 281 g/mol. The maximum absolute atomic E-state index is 12.1. The number of allylic oxidation sites excluding steroid dienone is 2. The quantitative estimate of drug-likeness (QED) is 0.707. The summed E-state index contributed by atoms with van der Waals surface area (Å²) in [5.74, 6) is -1.58. The number of aliphatic hydroxyl groups is 1. The minimum atomic E-state index is -0.506. The molecule has 0 saturated heterocycles. The third kappa shape index (κ3) is 4.56. The number of carbonyl (C=O) groups excluding carboxylic acids is 3. The van der Waals surface area contributed by atoms with Crippen LogP contribution in [0, 0.1) is 5.92 Å². The van der Waals surface area contributed by atoms with Crippen molar-refractivity contribution in [1.29, 1.82) is 0 Å². The molecular weight excluding hydrogens is 258 g/mol. The molecule has 0 fully saturated rings. The standard InChI is InChI=1S/C15H23NO4/c1-3-5-12(17)11(16-6-4-2)7-10-8-14(19)15(20)9-13(10)18/h9-11,16,20H,3-8H2,1-2H3. The molecule has 0 aromatic rings. The normalized spacial score (nSPS) is 20.7. The van der Waals surface area contributed by atoms with Gasteiger partial charge < -0.3 is 10.4 Å². The van der Waals surface area contributed by atoms with Gasteiger partial charge in [0.15, 0.2) is 17.3 Å². The van der Waals surface area contributed by atoms with E-state index in [9.17, 15) is 19.5 Å². The molecule has 1 aliphatic carbocycles. The maximum atomic E-state index is 12.1. The molecular formula is C15H23NO4.